The summed E-state index contributed by atoms with van der Waals surface area (Å²) in [6, 6.07) is 10.6. The molecule has 1 saturated heterocycles. The Morgan fingerprint density at radius 3 is 2.96 bits per heavy atom. The first-order valence-electron chi connectivity index (χ1n) is 9.86. The van der Waals surface area contributed by atoms with E-state index < -0.39 is 0 Å². The minimum absolute atomic E-state index is 0.437. The van der Waals surface area contributed by atoms with Crippen LogP contribution in [0, 0.1) is 0 Å². The Bertz CT molecular complexity index is 696. The number of ether oxygens (including phenoxy) is 2. The van der Waals surface area contributed by atoms with E-state index in [0.29, 0.717) is 6.04 Å². The molecule has 1 unspecified atom stereocenters. The first-order chi connectivity index (χ1) is 13.3. The topological polar surface area (TPSA) is 59.5 Å². The van der Waals surface area contributed by atoms with Crippen LogP contribution in [0.4, 0.5) is 5.82 Å². The summed E-state index contributed by atoms with van der Waals surface area (Å²) in [6.07, 6.45) is 6.21. The van der Waals surface area contributed by atoms with E-state index in [-0.39, 0.29) is 0 Å². The van der Waals surface area contributed by atoms with Crippen molar-refractivity contribution < 1.29 is 9.47 Å². The fourth-order valence-electron chi connectivity index (χ4n) is 3.35. The maximum Gasteiger partial charge on any atom is 0.161 e. The second kappa shape index (κ2) is 10.1. The van der Waals surface area contributed by atoms with Gasteiger partial charge in [-0.1, -0.05) is 19.4 Å². The molecule has 146 valence electrons. The lowest BCUT2D eigenvalue weighted by Crippen LogP contribution is -2.45. The summed E-state index contributed by atoms with van der Waals surface area (Å²) in [5.74, 6) is 2.58. The molecule has 0 aliphatic carbocycles. The fourth-order valence-corrected chi connectivity index (χ4v) is 3.35. The number of nitrogens with zero attached hydrogens (tertiary/aromatic N) is 3. The molecule has 2 aromatic rings. The molecule has 1 aliphatic rings. The molecule has 1 aliphatic heterocycles. The van der Waals surface area contributed by atoms with Crippen LogP contribution in [0.15, 0.2) is 36.5 Å². The maximum atomic E-state index is 5.90. The normalized spacial score (nSPS) is 17.0. The Morgan fingerprint density at radius 1 is 1.26 bits per heavy atom. The van der Waals surface area contributed by atoms with Gasteiger partial charge in [0, 0.05) is 31.9 Å². The van der Waals surface area contributed by atoms with E-state index in [1.54, 1.807) is 13.3 Å². The van der Waals surface area contributed by atoms with E-state index in [0.717, 1.165) is 62.8 Å². The number of hydrogen-bond donors (Lipinski definition) is 1. The number of nitrogens with one attached hydrogen (secondary N) is 1. The number of anilines is 1. The number of aromatic nitrogens is 2. The molecule has 1 atom stereocenters. The molecule has 1 aromatic heterocycles. The number of rotatable bonds is 9. The van der Waals surface area contributed by atoms with Crippen molar-refractivity contribution in [2.24, 2.45) is 0 Å². The molecule has 27 heavy (non-hydrogen) atoms. The largest absolute Gasteiger partial charge is 0.493 e. The minimum Gasteiger partial charge on any atom is -0.493 e. The number of unbranched alkanes of at least 4 members (excludes halogenated alkanes) is 1. The van der Waals surface area contributed by atoms with E-state index in [4.69, 9.17) is 9.47 Å². The van der Waals surface area contributed by atoms with Crippen LogP contribution < -0.4 is 19.7 Å². The van der Waals surface area contributed by atoms with E-state index in [9.17, 15) is 0 Å². The van der Waals surface area contributed by atoms with Gasteiger partial charge in [-0.15, -0.1) is 5.10 Å². The van der Waals surface area contributed by atoms with Gasteiger partial charge in [0.25, 0.3) is 0 Å². The first-order valence-corrected chi connectivity index (χ1v) is 9.86. The molecule has 0 bridgehead atoms. The smallest absolute Gasteiger partial charge is 0.161 e. The second-order valence-electron chi connectivity index (χ2n) is 6.94. The summed E-state index contributed by atoms with van der Waals surface area (Å²) in [6.45, 7) is 5.69. The van der Waals surface area contributed by atoms with E-state index in [2.05, 4.69) is 39.5 Å². The Balaban J connectivity index is 1.56. The molecule has 0 spiro atoms. The first kappa shape index (κ1) is 19.4. The van der Waals surface area contributed by atoms with Crippen molar-refractivity contribution >= 4 is 5.82 Å². The van der Waals surface area contributed by atoms with Gasteiger partial charge < -0.3 is 19.7 Å². The van der Waals surface area contributed by atoms with Gasteiger partial charge in [0.1, 0.15) is 0 Å². The summed E-state index contributed by atoms with van der Waals surface area (Å²) in [5, 5.41) is 11.9. The van der Waals surface area contributed by atoms with Crippen molar-refractivity contribution in [3.63, 3.8) is 0 Å². The Labute approximate surface area is 161 Å². The molecule has 0 amide bonds. The SMILES string of the molecule is CCCCOc1cc(CNC2CCCN(c3cccnn3)C2)ccc1OC. The van der Waals surface area contributed by atoms with Crippen molar-refractivity contribution in [1.29, 1.82) is 0 Å². The predicted molar refractivity (Wildman–Crippen MR) is 108 cm³/mol. The molecule has 1 fully saturated rings. The molecule has 1 N–H and O–H groups in total. The third-order valence-electron chi connectivity index (χ3n) is 4.88. The van der Waals surface area contributed by atoms with Crippen LogP contribution in [-0.4, -0.2) is 43.0 Å². The van der Waals surface area contributed by atoms with Crippen LogP contribution >= 0.6 is 0 Å². The monoisotopic (exact) mass is 370 g/mol. The quantitative estimate of drug-likeness (QED) is 0.683. The Kier molecular flexibility index (Phi) is 7.27. The highest BCUT2D eigenvalue weighted by Crippen LogP contribution is 2.28. The van der Waals surface area contributed by atoms with Gasteiger partial charge in [-0.2, -0.15) is 5.10 Å². The van der Waals surface area contributed by atoms with Gasteiger partial charge >= 0.3 is 0 Å². The molecule has 6 nitrogen and oxygen atoms in total. The van der Waals surface area contributed by atoms with Crippen LogP contribution in [-0.2, 0) is 6.54 Å². The number of benzene rings is 1. The lowest BCUT2D eigenvalue weighted by atomic mass is 10.1. The molecule has 3 rings (SSSR count). The fraction of sp³-hybridized carbons (Fsp3) is 0.524. The molecule has 6 heteroatoms. The van der Waals surface area contributed by atoms with E-state index >= 15 is 0 Å². The number of hydrogen-bond acceptors (Lipinski definition) is 6. The standard InChI is InChI=1S/C21H30N4O2/c1-3-4-13-27-20-14-17(9-10-19(20)26-2)15-22-18-7-6-12-25(16-18)21-8-5-11-23-24-21/h5,8-11,14,18,22H,3-4,6-7,12-13,15-16H2,1-2H3. The van der Waals surface area contributed by atoms with Gasteiger partial charge in [0.15, 0.2) is 17.3 Å². The lowest BCUT2D eigenvalue weighted by molar-refractivity contribution is 0.288. The minimum atomic E-state index is 0.437. The average molecular weight is 370 g/mol. The Morgan fingerprint density at radius 2 is 2.19 bits per heavy atom. The van der Waals surface area contributed by atoms with E-state index in [1.807, 2.05) is 18.2 Å². The molecular formula is C21H30N4O2. The molecule has 2 heterocycles. The highest BCUT2D eigenvalue weighted by Gasteiger charge is 2.20. The van der Waals surface area contributed by atoms with Crippen LogP contribution in [0.25, 0.3) is 0 Å². The van der Waals surface area contributed by atoms with Crippen molar-refractivity contribution in [1.82, 2.24) is 15.5 Å². The highest BCUT2D eigenvalue weighted by atomic mass is 16.5. The van der Waals surface area contributed by atoms with Crippen molar-refractivity contribution in [2.75, 3.05) is 31.7 Å². The molecule has 0 saturated carbocycles. The van der Waals surface area contributed by atoms with Gasteiger partial charge in [0.05, 0.1) is 13.7 Å². The van der Waals surface area contributed by atoms with Crippen LogP contribution in [0.3, 0.4) is 0 Å². The second-order valence-corrected chi connectivity index (χ2v) is 6.94. The molecular weight excluding hydrogens is 340 g/mol. The number of piperidine rings is 1. The third-order valence-corrected chi connectivity index (χ3v) is 4.88. The van der Waals surface area contributed by atoms with Gasteiger partial charge in [-0.3, -0.25) is 0 Å². The summed E-state index contributed by atoms with van der Waals surface area (Å²) in [4.78, 5) is 2.31. The summed E-state index contributed by atoms with van der Waals surface area (Å²) in [5.41, 5.74) is 1.21. The average Bonchev–Trinajstić information content (AvgIpc) is 2.73. The summed E-state index contributed by atoms with van der Waals surface area (Å²) in [7, 11) is 1.68. The van der Waals surface area contributed by atoms with Crippen molar-refractivity contribution in [2.45, 2.75) is 45.2 Å². The third kappa shape index (κ3) is 5.57. The van der Waals surface area contributed by atoms with Crippen molar-refractivity contribution in [3.05, 3.63) is 42.1 Å². The van der Waals surface area contributed by atoms with E-state index in [1.165, 1.54) is 12.0 Å². The number of methoxy groups -OCH3 is 1. The highest BCUT2D eigenvalue weighted by molar-refractivity contribution is 5.43. The molecule has 0 radical (unpaired) electrons. The zero-order valence-electron chi connectivity index (χ0n) is 16.4. The lowest BCUT2D eigenvalue weighted by Gasteiger charge is -2.33. The maximum absolute atomic E-state index is 5.90. The zero-order chi connectivity index (χ0) is 18.9. The van der Waals surface area contributed by atoms with Crippen LogP contribution in [0.2, 0.25) is 0 Å². The zero-order valence-corrected chi connectivity index (χ0v) is 16.4. The van der Waals surface area contributed by atoms with Crippen molar-refractivity contribution in [3.8, 4) is 11.5 Å². The van der Waals surface area contributed by atoms with Gasteiger partial charge in [0.2, 0.25) is 0 Å². The van der Waals surface area contributed by atoms with Gasteiger partial charge in [-0.25, -0.2) is 0 Å². The van der Waals surface area contributed by atoms with Gasteiger partial charge in [-0.05, 0) is 49.1 Å². The predicted octanol–water partition coefficient (Wildman–Crippen LogP) is 3.42. The summed E-state index contributed by atoms with van der Waals surface area (Å²) >= 11 is 0. The van der Waals surface area contributed by atoms with Crippen LogP contribution in [0.5, 0.6) is 11.5 Å². The Hall–Kier alpha value is -2.34. The molecule has 1 aromatic carbocycles. The summed E-state index contributed by atoms with van der Waals surface area (Å²) < 4.78 is 11.3. The van der Waals surface area contributed by atoms with Crippen LogP contribution in [0.1, 0.15) is 38.2 Å².